The SMILES string of the molecule is CC(C)N1[Si](F)(F)CC[Si]1(F)F. The van der Waals surface area contributed by atoms with Crippen molar-refractivity contribution in [2.75, 3.05) is 0 Å². The van der Waals surface area contributed by atoms with Crippen LogP contribution in [0.5, 0.6) is 0 Å². The molecule has 0 atom stereocenters. The zero-order valence-corrected chi connectivity index (χ0v) is 8.95. The van der Waals surface area contributed by atoms with E-state index in [-0.39, 0.29) is 4.23 Å². The Bertz CT molecular complexity index is 168. The largest absolute Gasteiger partial charge is 0.504 e. The Hall–Kier alpha value is 0.114. The topological polar surface area (TPSA) is 3.24 Å². The van der Waals surface area contributed by atoms with Crippen LogP contribution in [0.3, 0.4) is 0 Å². The van der Waals surface area contributed by atoms with Gasteiger partial charge in [0.2, 0.25) is 0 Å². The zero-order valence-electron chi connectivity index (χ0n) is 6.95. The molecule has 1 aliphatic heterocycles. The molecular formula is C5H11F4NSi2. The fourth-order valence-electron chi connectivity index (χ4n) is 1.54. The van der Waals surface area contributed by atoms with E-state index >= 15 is 0 Å². The highest BCUT2D eigenvalue weighted by atomic mass is 28.5. The van der Waals surface area contributed by atoms with Gasteiger partial charge in [0.15, 0.2) is 0 Å². The minimum Gasteiger partial charge on any atom is -0.253 e. The molecule has 72 valence electrons. The molecule has 0 saturated carbocycles. The van der Waals surface area contributed by atoms with Crippen molar-refractivity contribution in [3.63, 3.8) is 0 Å². The lowest BCUT2D eigenvalue weighted by atomic mass is 10.4. The van der Waals surface area contributed by atoms with E-state index in [0.29, 0.717) is 0 Å². The van der Waals surface area contributed by atoms with Crippen molar-refractivity contribution in [2.24, 2.45) is 0 Å². The molecular weight excluding hydrogens is 206 g/mol. The van der Waals surface area contributed by atoms with Gasteiger partial charge in [0.25, 0.3) is 0 Å². The Morgan fingerprint density at radius 3 is 1.50 bits per heavy atom. The summed E-state index contributed by atoms with van der Waals surface area (Å²) < 4.78 is 52.2. The molecule has 7 heteroatoms. The van der Waals surface area contributed by atoms with Crippen LogP contribution in [0.4, 0.5) is 16.4 Å². The van der Waals surface area contributed by atoms with Crippen molar-refractivity contribution in [2.45, 2.75) is 32.0 Å². The third-order valence-corrected chi connectivity index (χ3v) is 8.56. The smallest absolute Gasteiger partial charge is 0.253 e. The molecule has 1 saturated heterocycles. The summed E-state index contributed by atoms with van der Waals surface area (Å²) in [6.07, 6.45) is 0. The molecule has 0 aromatic rings. The molecule has 0 bridgehead atoms. The second-order valence-electron chi connectivity index (χ2n) is 3.30. The number of rotatable bonds is 1. The summed E-state index contributed by atoms with van der Waals surface area (Å²) >= 11 is 0. The first kappa shape index (κ1) is 10.2. The van der Waals surface area contributed by atoms with Gasteiger partial charge in [-0.1, -0.05) is 13.8 Å². The zero-order chi connectivity index (χ0) is 9.57. The second-order valence-corrected chi connectivity index (χ2v) is 8.37. The van der Waals surface area contributed by atoms with Crippen LogP contribution in [0.2, 0.25) is 12.1 Å². The summed E-state index contributed by atoms with van der Waals surface area (Å²) in [4.78, 5) is 0. The average molecular weight is 217 g/mol. The molecule has 1 aliphatic rings. The molecule has 0 aromatic carbocycles. The number of nitrogens with zero attached hydrogens (tertiary/aromatic N) is 1. The molecule has 0 amide bonds. The predicted molar refractivity (Wildman–Crippen MR) is 42.5 cm³/mol. The summed E-state index contributed by atoms with van der Waals surface area (Å²) in [5, 5.41) is 0. The Balaban J connectivity index is 2.89. The Morgan fingerprint density at radius 2 is 1.33 bits per heavy atom. The van der Waals surface area contributed by atoms with E-state index in [1.165, 1.54) is 13.8 Å². The van der Waals surface area contributed by atoms with E-state index in [1.807, 2.05) is 0 Å². The van der Waals surface area contributed by atoms with Gasteiger partial charge < -0.3 is 0 Å². The Kier molecular flexibility index (Phi) is 2.39. The van der Waals surface area contributed by atoms with Gasteiger partial charge in [-0.2, -0.15) is 0 Å². The summed E-state index contributed by atoms with van der Waals surface area (Å²) in [6, 6.07) is -1.81. The van der Waals surface area contributed by atoms with Gasteiger partial charge in [0.1, 0.15) is 0 Å². The standard InChI is InChI=1S/C5H11F4NSi2/c1-5(2)10-11(6,7)3-4-12(10,8)9/h5H,3-4H2,1-2H3. The first-order valence-electron chi connectivity index (χ1n) is 3.82. The van der Waals surface area contributed by atoms with E-state index in [0.717, 1.165) is 0 Å². The quantitative estimate of drug-likeness (QED) is 0.370. The molecule has 0 aliphatic carbocycles. The molecule has 0 radical (unpaired) electrons. The van der Waals surface area contributed by atoms with Gasteiger partial charge in [-0.3, -0.25) is 16.4 Å². The van der Waals surface area contributed by atoms with E-state index < -0.39 is 35.9 Å². The molecule has 1 nitrogen and oxygen atoms in total. The lowest BCUT2D eigenvalue weighted by Gasteiger charge is -2.29. The second kappa shape index (κ2) is 2.81. The van der Waals surface area contributed by atoms with Gasteiger partial charge in [0.05, 0.1) is 0 Å². The fourth-order valence-corrected chi connectivity index (χ4v) is 8.52. The number of hydrogen-bond acceptors (Lipinski definition) is 1. The van der Waals surface area contributed by atoms with Crippen molar-refractivity contribution >= 4 is 17.8 Å². The predicted octanol–water partition coefficient (Wildman–Crippen LogP) is 2.47. The van der Waals surface area contributed by atoms with Crippen LogP contribution < -0.4 is 0 Å². The van der Waals surface area contributed by atoms with Crippen LogP contribution in [0.25, 0.3) is 0 Å². The van der Waals surface area contributed by atoms with Gasteiger partial charge in [-0.05, 0) is 0 Å². The molecule has 12 heavy (non-hydrogen) atoms. The van der Waals surface area contributed by atoms with E-state index in [2.05, 4.69) is 0 Å². The number of halogens is 4. The van der Waals surface area contributed by atoms with Gasteiger partial charge in [-0.15, -0.1) is 0 Å². The summed E-state index contributed by atoms with van der Waals surface area (Å²) in [5.41, 5.74) is 0. The highest BCUT2D eigenvalue weighted by Crippen LogP contribution is 2.41. The molecule has 0 aromatic heterocycles. The van der Waals surface area contributed by atoms with Crippen molar-refractivity contribution in [1.29, 1.82) is 0 Å². The maximum Gasteiger partial charge on any atom is 0.504 e. The van der Waals surface area contributed by atoms with Gasteiger partial charge in [-0.25, -0.2) is 4.23 Å². The summed E-state index contributed by atoms with van der Waals surface area (Å²) in [5.74, 6) is 0. The monoisotopic (exact) mass is 217 g/mol. The van der Waals surface area contributed by atoms with Crippen LogP contribution in [-0.2, 0) is 0 Å². The fraction of sp³-hybridized carbons (Fsp3) is 1.00. The maximum atomic E-state index is 13.0. The van der Waals surface area contributed by atoms with Crippen molar-refractivity contribution in [3.05, 3.63) is 0 Å². The van der Waals surface area contributed by atoms with E-state index in [1.54, 1.807) is 0 Å². The van der Waals surface area contributed by atoms with Crippen molar-refractivity contribution < 1.29 is 16.4 Å². The highest BCUT2D eigenvalue weighted by Gasteiger charge is 2.66. The van der Waals surface area contributed by atoms with Crippen molar-refractivity contribution in [1.82, 2.24) is 4.23 Å². The van der Waals surface area contributed by atoms with Gasteiger partial charge >= 0.3 is 17.8 Å². The Morgan fingerprint density at radius 1 is 1.00 bits per heavy atom. The van der Waals surface area contributed by atoms with E-state index in [4.69, 9.17) is 0 Å². The molecule has 0 N–H and O–H groups in total. The molecule has 1 heterocycles. The van der Waals surface area contributed by atoms with Crippen LogP contribution in [0, 0.1) is 0 Å². The van der Waals surface area contributed by atoms with Crippen LogP contribution >= 0.6 is 0 Å². The minimum absolute atomic E-state index is 0.264. The molecule has 0 spiro atoms. The Labute approximate surface area is 71.2 Å². The normalized spacial score (nSPS) is 28.2. The maximum absolute atomic E-state index is 13.0. The number of hydrogen-bond donors (Lipinski definition) is 0. The minimum atomic E-state index is -4.72. The molecule has 1 rings (SSSR count). The van der Waals surface area contributed by atoms with Crippen LogP contribution in [-0.4, -0.2) is 28.1 Å². The van der Waals surface area contributed by atoms with Crippen molar-refractivity contribution in [3.8, 4) is 0 Å². The van der Waals surface area contributed by atoms with Gasteiger partial charge in [0, 0.05) is 18.1 Å². The third kappa shape index (κ3) is 1.57. The lowest BCUT2D eigenvalue weighted by Crippen LogP contribution is -2.55. The molecule has 1 fully saturated rings. The van der Waals surface area contributed by atoms with Crippen LogP contribution in [0.15, 0.2) is 0 Å². The third-order valence-electron chi connectivity index (χ3n) is 1.95. The van der Waals surface area contributed by atoms with Crippen LogP contribution in [0.1, 0.15) is 13.8 Å². The van der Waals surface area contributed by atoms with E-state index in [9.17, 15) is 16.4 Å². The molecule has 0 unspecified atom stereocenters. The average Bonchev–Trinajstić information content (AvgIpc) is 2.01. The summed E-state index contributed by atoms with van der Waals surface area (Å²) in [6.45, 7) is 2.82. The first-order valence-corrected chi connectivity index (χ1v) is 7.64. The first-order chi connectivity index (χ1) is 5.27. The lowest BCUT2D eigenvalue weighted by molar-refractivity contribution is 0.349. The highest BCUT2D eigenvalue weighted by molar-refractivity contribution is 6.85. The summed E-state index contributed by atoms with van der Waals surface area (Å²) in [7, 11) is -9.45.